The van der Waals surface area contributed by atoms with Crippen LogP contribution < -0.4 is 11.1 Å². The van der Waals surface area contributed by atoms with Gasteiger partial charge in [-0.15, -0.1) is 0 Å². The van der Waals surface area contributed by atoms with Gasteiger partial charge in [0.15, 0.2) is 0 Å². The molecule has 0 atom stereocenters. The van der Waals surface area contributed by atoms with E-state index < -0.39 is 0 Å². The highest BCUT2D eigenvalue weighted by atomic mass is 79.9. The van der Waals surface area contributed by atoms with Crippen molar-refractivity contribution in [2.75, 3.05) is 31.6 Å². The zero-order chi connectivity index (χ0) is 12.8. The number of nitrogens with zero attached hydrogens (tertiary/aromatic N) is 1. The van der Waals surface area contributed by atoms with Crippen molar-refractivity contribution in [2.24, 2.45) is 5.73 Å². The molecule has 0 radical (unpaired) electrons. The Balaban J connectivity index is 2.07. The second kappa shape index (κ2) is 6.68. The molecule has 0 aliphatic carbocycles. The predicted octanol–water partition coefficient (Wildman–Crippen LogP) is 2.38. The lowest BCUT2D eigenvalue weighted by Gasteiger charge is -2.09. The average molecular weight is 310 g/mol. The van der Waals surface area contributed by atoms with Gasteiger partial charge in [-0.05, 0) is 12.1 Å². The van der Waals surface area contributed by atoms with Crippen molar-refractivity contribution < 1.29 is 4.74 Å². The lowest BCUT2D eigenvalue weighted by molar-refractivity contribution is 0.151. The summed E-state index contributed by atoms with van der Waals surface area (Å²) in [6.45, 7) is 2.50. The molecular formula is C13H16BrN3O. The Morgan fingerprint density at radius 3 is 2.94 bits per heavy atom. The lowest BCUT2D eigenvalue weighted by atomic mass is 10.1. The predicted molar refractivity (Wildman–Crippen MR) is 77.8 cm³/mol. The van der Waals surface area contributed by atoms with Gasteiger partial charge in [0.2, 0.25) is 0 Å². The number of hydrogen-bond acceptors (Lipinski definition) is 4. The van der Waals surface area contributed by atoms with Crippen LogP contribution in [0.3, 0.4) is 0 Å². The minimum Gasteiger partial charge on any atom is -0.378 e. The molecule has 0 unspecified atom stereocenters. The number of fused-ring (bicyclic) bond motifs is 1. The van der Waals surface area contributed by atoms with Gasteiger partial charge in [0.05, 0.1) is 13.2 Å². The molecule has 0 spiro atoms. The molecule has 0 aliphatic rings. The fraction of sp³-hybridized carbons (Fsp3) is 0.308. The summed E-state index contributed by atoms with van der Waals surface area (Å²) in [5.41, 5.74) is 5.35. The Bertz CT molecular complexity index is 519. The zero-order valence-electron chi connectivity index (χ0n) is 10.0. The summed E-state index contributed by atoms with van der Waals surface area (Å²) in [7, 11) is 0. The van der Waals surface area contributed by atoms with Crippen molar-refractivity contribution >= 4 is 32.5 Å². The van der Waals surface area contributed by atoms with Crippen molar-refractivity contribution in [2.45, 2.75) is 0 Å². The van der Waals surface area contributed by atoms with Crippen LogP contribution in [-0.4, -0.2) is 31.3 Å². The van der Waals surface area contributed by atoms with E-state index in [9.17, 15) is 0 Å². The summed E-state index contributed by atoms with van der Waals surface area (Å²) in [5, 5.41) is 5.53. The van der Waals surface area contributed by atoms with E-state index in [-0.39, 0.29) is 0 Å². The van der Waals surface area contributed by atoms with Crippen LogP contribution in [0, 0.1) is 0 Å². The molecule has 1 heterocycles. The van der Waals surface area contributed by atoms with E-state index in [1.165, 1.54) is 0 Å². The molecule has 0 bridgehead atoms. The minimum atomic E-state index is 0.555. The second-order valence-electron chi connectivity index (χ2n) is 3.82. The Hall–Kier alpha value is -1.17. The van der Waals surface area contributed by atoms with E-state index in [1.807, 2.05) is 18.2 Å². The van der Waals surface area contributed by atoms with Crippen molar-refractivity contribution in [1.29, 1.82) is 0 Å². The summed E-state index contributed by atoms with van der Waals surface area (Å²) >= 11 is 3.54. The lowest BCUT2D eigenvalue weighted by Crippen LogP contribution is -2.15. The molecule has 2 rings (SSSR count). The van der Waals surface area contributed by atoms with Crippen LogP contribution in [0.15, 0.2) is 34.9 Å². The van der Waals surface area contributed by atoms with Crippen LogP contribution in [0.1, 0.15) is 0 Å². The van der Waals surface area contributed by atoms with Crippen LogP contribution >= 0.6 is 15.9 Å². The number of anilines is 1. The van der Waals surface area contributed by atoms with Gasteiger partial charge in [0, 0.05) is 34.5 Å². The molecule has 0 amide bonds. The molecule has 96 valence electrons. The highest BCUT2D eigenvalue weighted by Gasteiger charge is 2.03. The van der Waals surface area contributed by atoms with E-state index >= 15 is 0 Å². The Labute approximate surface area is 115 Å². The number of aromatic nitrogens is 1. The maximum Gasteiger partial charge on any atom is 0.133 e. The second-order valence-corrected chi connectivity index (χ2v) is 4.68. The number of rotatable bonds is 6. The molecule has 2 aromatic rings. The molecule has 1 aromatic heterocycles. The maximum absolute atomic E-state index is 5.35. The van der Waals surface area contributed by atoms with Crippen molar-refractivity contribution in [1.82, 2.24) is 4.98 Å². The summed E-state index contributed by atoms with van der Waals surface area (Å²) in [4.78, 5) is 4.35. The van der Waals surface area contributed by atoms with Crippen LogP contribution in [-0.2, 0) is 4.74 Å². The number of pyridine rings is 1. The first-order valence-electron chi connectivity index (χ1n) is 5.88. The normalized spacial score (nSPS) is 10.8. The monoisotopic (exact) mass is 309 g/mol. The highest BCUT2D eigenvalue weighted by Crippen LogP contribution is 2.27. The van der Waals surface area contributed by atoms with Gasteiger partial charge in [-0.25, -0.2) is 4.98 Å². The van der Waals surface area contributed by atoms with Gasteiger partial charge in [0.1, 0.15) is 5.82 Å². The molecule has 0 fully saturated rings. The maximum atomic E-state index is 5.35. The van der Waals surface area contributed by atoms with Crippen LogP contribution in [0.5, 0.6) is 0 Å². The smallest absolute Gasteiger partial charge is 0.133 e. The molecule has 18 heavy (non-hydrogen) atoms. The van der Waals surface area contributed by atoms with E-state index in [2.05, 4.69) is 32.3 Å². The van der Waals surface area contributed by atoms with E-state index in [0.717, 1.165) is 27.6 Å². The number of nitrogens with two attached hydrogens (primary N) is 1. The highest BCUT2D eigenvalue weighted by molar-refractivity contribution is 9.10. The van der Waals surface area contributed by atoms with E-state index in [0.29, 0.717) is 19.8 Å². The fourth-order valence-electron chi connectivity index (χ4n) is 1.74. The Morgan fingerprint density at radius 2 is 2.11 bits per heavy atom. The molecule has 0 aliphatic heterocycles. The minimum absolute atomic E-state index is 0.555. The summed E-state index contributed by atoms with van der Waals surface area (Å²) in [6.07, 6.45) is 1.80. The fourth-order valence-corrected chi connectivity index (χ4v) is 2.24. The molecule has 0 saturated carbocycles. The Morgan fingerprint density at radius 1 is 1.22 bits per heavy atom. The number of ether oxygens (including phenoxy) is 1. The molecule has 0 saturated heterocycles. The van der Waals surface area contributed by atoms with Crippen molar-refractivity contribution in [3.05, 3.63) is 34.9 Å². The molecule has 3 N–H and O–H groups in total. The third kappa shape index (κ3) is 3.19. The summed E-state index contributed by atoms with van der Waals surface area (Å²) in [6, 6.07) is 8.08. The van der Waals surface area contributed by atoms with Gasteiger partial charge in [0.25, 0.3) is 0 Å². The van der Waals surface area contributed by atoms with Gasteiger partial charge < -0.3 is 15.8 Å². The summed E-state index contributed by atoms with van der Waals surface area (Å²) in [5.74, 6) is 0.880. The Kier molecular flexibility index (Phi) is 4.92. The third-order valence-corrected chi connectivity index (χ3v) is 3.25. The molecule has 5 heteroatoms. The summed E-state index contributed by atoms with van der Waals surface area (Å²) < 4.78 is 6.39. The molecule has 1 aromatic carbocycles. The van der Waals surface area contributed by atoms with Gasteiger partial charge in [-0.2, -0.15) is 0 Å². The third-order valence-electron chi connectivity index (χ3n) is 2.55. The van der Waals surface area contributed by atoms with Crippen molar-refractivity contribution in [3.8, 4) is 0 Å². The van der Waals surface area contributed by atoms with E-state index in [1.54, 1.807) is 6.20 Å². The van der Waals surface area contributed by atoms with Crippen LogP contribution in [0.2, 0.25) is 0 Å². The first-order valence-corrected chi connectivity index (χ1v) is 6.67. The number of hydrogen-bond donors (Lipinski definition) is 2. The number of benzene rings is 1. The van der Waals surface area contributed by atoms with Crippen molar-refractivity contribution in [3.63, 3.8) is 0 Å². The quantitative estimate of drug-likeness (QED) is 0.804. The largest absolute Gasteiger partial charge is 0.378 e. The first-order chi connectivity index (χ1) is 8.83. The first kappa shape index (κ1) is 13.3. The van der Waals surface area contributed by atoms with Gasteiger partial charge >= 0.3 is 0 Å². The number of nitrogens with one attached hydrogen (secondary N) is 1. The topological polar surface area (TPSA) is 60.2 Å². The van der Waals surface area contributed by atoms with Crippen LogP contribution in [0.4, 0.5) is 5.82 Å². The van der Waals surface area contributed by atoms with E-state index in [4.69, 9.17) is 10.5 Å². The molecule has 4 nitrogen and oxygen atoms in total. The SMILES string of the molecule is NCCOCCNc1nccc2c(Br)cccc12. The standard InChI is InChI=1S/C13H16BrN3O/c14-12-3-1-2-11-10(12)4-6-16-13(11)17-7-9-18-8-5-15/h1-4,6H,5,7-9,15H2,(H,16,17). The van der Waals surface area contributed by atoms with Crippen LogP contribution in [0.25, 0.3) is 10.8 Å². The number of halogens is 1. The van der Waals surface area contributed by atoms with Gasteiger partial charge in [-0.1, -0.05) is 28.1 Å². The average Bonchev–Trinajstić information content (AvgIpc) is 2.39. The van der Waals surface area contributed by atoms with Gasteiger partial charge in [-0.3, -0.25) is 0 Å². The zero-order valence-corrected chi connectivity index (χ0v) is 11.6. The molecular weight excluding hydrogens is 294 g/mol.